The van der Waals surface area contributed by atoms with E-state index in [1.807, 2.05) is 19.1 Å². The average Bonchev–Trinajstić information content (AvgIpc) is 2.46. The van der Waals surface area contributed by atoms with E-state index in [0.29, 0.717) is 16.9 Å². The van der Waals surface area contributed by atoms with Gasteiger partial charge in [0.15, 0.2) is 12.4 Å². The van der Waals surface area contributed by atoms with E-state index < -0.39 is 5.91 Å². The molecule has 0 heterocycles. The van der Waals surface area contributed by atoms with Crippen molar-refractivity contribution in [2.24, 2.45) is 5.73 Å². The van der Waals surface area contributed by atoms with Crippen LogP contribution in [-0.2, 0) is 4.79 Å². The van der Waals surface area contributed by atoms with Crippen LogP contribution in [0.25, 0.3) is 0 Å². The predicted octanol–water partition coefficient (Wildman–Crippen LogP) is 2.09. The first-order chi connectivity index (χ1) is 9.56. The fraction of sp³-hybridized carbons (Fsp3) is 0.125. The molecule has 0 aliphatic rings. The molecule has 2 aromatic carbocycles. The number of primary amides is 1. The number of amides is 1. The van der Waals surface area contributed by atoms with Gasteiger partial charge in [-0.3, -0.25) is 9.59 Å². The third kappa shape index (κ3) is 3.45. The smallest absolute Gasteiger partial charge is 0.255 e. The first-order valence-corrected chi connectivity index (χ1v) is 6.19. The van der Waals surface area contributed by atoms with Crippen molar-refractivity contribution in [2.75, 3.05) is 6.61 Å². The van der Waals surface area contributed by atoms with Gasteiger partial charge >= 0.3 is 0 Å². The molecule has 20 heavy (non-hydrogen) atoms. The third-order valence-electron chi connectivity index (χ3n) is 2.81. The molecular formula is C16H15NO3. The highest BCUT2D eigenvalue weighted by Crippen LogP contribution is 2.15. The minimum absolute atomic E-state index is 0.0496. The highest BCUT2D eigenvalue weighted by atomic mass is 16.5. The van der Waals surface area contributed by atoms with E-state index in [-0.39, 0.29) is 12.4 Å². The quantitative estimate of drug-likeness (QED) is 0.845. The van der Waals surface area contributed by atoms with Crippen LogP contribution in [0, 0.1) is 6.92 Å². The number of ether oxygens (including phenoxy) is 1. The van der Waals surface area contributed by atoms with Crippen molar-refractivity contribution in [3.05, 3.63) is 65.2 Å². The summed E-state index contributed by atoms with van der Waals surface area (Å²) in [4.78, 5) is 22.8. The van der Waals surface area contributed by atoms with Crippen LogP contribution in [0.5, 0.6) is 5.75 Å². The molecule has 0 aromatic heterocycles. The molecule has 0 bridgehead atoms. The van der Waals surface area contributed by atoms with Crippen molar-refractivity contribution in [2.45, 2.75) is 6.92 Å². The van der Waals surface area contributed by atoms with Crippen molar-refractivity contribution in [3.8, 4) is 5.75 Å². The van der Waals surface area contributed by atoms with Crippen LogP contribution in [0.4, 0.5) is 0 Å². The molecule has 102 valence electrons. The molecule has 4 nitrogen and oxygen atoms in total. The number of benzene rings is 2. The maximum atomic E-state index is 12.2. The Morgan fingerprint density at radius 1 is 0.950 bits per heavy atom. The van der Waals surface area contributed by atoms with Crippen LogP contribution in [-0.4, -0.2) is 18.3 Å². The molecule has 2 rings (SSSR count). The van der Waals surface area contributed by atoms with Crippen molar-refractivity contribution in [1.29, 1.82) is 0 Å². The summed E-state index contributed by atoms with van der Waals surface area (Å²) in [5.41, 5.74) is 7.31. The summed E-state index contributed by atoms with van der Waals surface area (Å²) in [5.74, 6) is -0.0829. The maximum Gasteiger partial charge on any atom is 0.255 e. The lowest BCUT2D eigenvalue weighted by Crippen LogP contribution is -2.20. The number of ketones is 1. The second-order valence-electron chi connectivity index (χ2n) is 4.47. The molecular weight excluding hydrogens is 254 g/mol. The van der Waals surface area contributed by atoms with Crippen LogP contribution < -0.4 is 10.5 Å². The number of rotatable bonds is 5. The monoisotopic (exact) mass is 269 g/mol. The zero-order valence-corrected chi connectivity index (χ0v) is 11.1. The highest BCUT2D eigenvalue weighted by Gasteiger charge is 2.08. The van der Waals surface area contributed by atoms with Gasteiger partial charge in [-0.05, 0) is 31.2 Å². The zero-order chi connectivity index (χ0) is 14.5. The van der Waals surface area contributed by atoms with Crippen molar-refractivity contribution in [1.82, 2.24) is 0 Å². The summed E-state index contributed by atoms with van der Waals surface area (Å²) >= 11 is 0. The van der Waals surface area contributed by atoms with E-state index in [2.05, 4.69) is 0 Å². The molecule has 4 heteroatoms. The van der Waals surface area contributed by atoms with E-state index in [9.17, 15) is 9.59 Å². The molecule has 0 saturated carbocycles. The van der Waals surface area contributed by atoms with Crippen LogP contribution in [0.15, 0.2) is 48.5 Å². The van der Waals surface area contributed by atoms with Gasteiger partial charge in [-0.15, -0.1) is 0 Å². The second-order valence-corrected chi connectivity index (χ2v) is 4.47. The third-order valence-corrected chi connectivity index (χ3v) is 2.81. The second kappa shape index (κ2) is 6.02. The summed E-state index contributed by atoms with van der Waals surface area (Å²) in [7, 11) is 0. The fourth-order valence-electron chi connectivity index (χ4n) is 1.73. The number of aryl methyl sites for hydroxylation is 1. The van der Waals surface area contributed by atoms with Crippen molar-refractivity contribution >= 4 is 11.7 Å². The summed E-state index contributed by atoms with van der Waals surface area (Å²) in [6.07, 6.45) is 0. The molecule has 2 aromatic rings. The van der Waals surface area contributed by atoms with Crippen LogP contribution >= 0.6 is 0 Å². The van der Waals surface area contributed by atoms with E-state index >= 15 is 0 Å². The Labute approximate surface area is 117 Å². The van der Waals surface area contributed by atoms with E-state index in [1.54, 1.807) is 36.4 Å². The largest absolute Gasteiger partial charge is 0.484 e. The summed E-state index contributed by atoms with van der Waals surface area (Å²) < 4.78 is 5.14. The standard InChI is InChI=1S/C16H15NO3/c1-11-2-4-12(5-3-11)16(19)13-6-8-14(9-7-13)20-10-15(17)18/h2-9H,10H2,1H3,(H2,17,18). The molecule has 0 atom stereocenters. The number of hydrogen-bond acceptors (Lipinski definition) is 3. The maximum absolute atomic E-state index is 12.2. The Hall–Kier alpha value is -2.62. The van der Waals surface area contributed by atoms with Crippen LogP contribution in [0.1, 0.15) is 21.5 Å². The lowest BCUT2D eigenvalue weighted by Gasteiger charge is -2.05. The Bertz CT molecular complexity index is 615. The molecule has 0 unspecified atom stereocenters. The summed E-state index contributed by atoms with van der Waals surface area (Å²) in [6, 6.07) is 14.0. The lowest BCUT2D eigenvalue weighted by atomic mass is 10.0. The van der Waals surface area contributed by atoms with Gasteiger partial charge in [0.2, 0.25) is 0 Å². The molecule has 0 aliphatic carbocycles. The minimum atomic E-state index is -0.537. The van der Waals surface area contributed by atoms with E-state index in [0.717, 1.165) is 5.56 Å². The van der Waals surface area contributed by atoms with Gasteiger partial charge < -0.3 is 10.5 Å². The number of carbonyl (C=O) groups is 2. The van der Waals surface area contributed by atoms with E-state index in [1.165, 1.54) is 0 Å². The topological polar surface area (TPSA) is 69.4 Å². The molecule has 0 spiro atoms. The summed E-state index contributed by atoms with van der Waals surface area (Å²) in [5, 5.41) is 0. The highest BCUT2D eigenvalue weighted by molar-refractivity contribution is 6.09. The van der Waals surface area contributed by atoms with Gasteiger partial charge in [0.1, 0.15) is 5.75 Å². The van der Waals surface area contributed by atoms with Crippen molar-refractivity contribution in [3.63, 3.8) is 0 Å². The Balaban J connectivity index is 2.11. The minimum Gasteiger partial charge on any atom is -0.484 e. The van der Waals surface area contributed by atoms with Gasteiger partial charge in [-0.25, -0.2) is 0 Å². The van der Waals surface area contributed by atoms with Gasteiger partial charge in [0, 0.05) is 11.1 Å². The SMILES string of the molecule is Cc1ccc(C(=O)c2ccc(OCC(N)=O)cc2)cc1. The fourth-order valence-corrected chi connectivity index (χ4v) is 1.73. The molecule has 0 radical (unpaired) electrons. The van der Waals surface area contributed by atoms with Gasteiger partial charge in [-0.1, -0.05) is 29.8 Å². The molecule has 0 fully saturated rings. The van der Waals surface area contributed by atoms with E-state index in [4.69, 9.17) is 10.5 Å². The first kappa shape index (κ1) is 13.8. The Morgan fingerprint density at radius 3 is 1.95 bits per heavy atom. The molecule has 0 saturated heterocycles. The number of carbonyl (C=O) groups excluding carboxylic acids is 2. The number of hydrogen-bond donors (Lipinski definition) is 1. The summed E-state index contributed by atoms with van der Waals surface area (Å²) in [6.45, 7) is 1.80. The predicted molar refractivity (Wildman–Crippen MR) is 75.7 cm³/mol. The molecule has 1 amide bonds. The van der Waals surface area contributed by atoms with Crippen molar-refractivity contribution < 1.29 is 14.3 Å². The average molecular weight is 269 g/mol. The molecule has 2 N–H and O–H groups in total. The molecule has 0 aliphatic heterocycles. The van der Waals surface area contributed by atoms with Crippen LogP contribution in [0.2, 0.25) is 0 Å². The zero-order valence-electron chi connectivity index (χ0n) is 11.1. The van der Waals surface area contributed by atoms with Gasteiger partial charge in [0.25, 0.3) is 5.91 Å². The Kier molecular flexibility index (Phi) is 4.15. The van der Waals surface area contributed by atoms with Gasteiger partial charge in [-0.2, -0.15) is 0 Å². The lowest BCUT2D eigenvalue weighted by molar-refractivity contribution is -0.119. The van der Waals surface area contributed by atoms with Crippen LogP contribution in [0.3, 0.4) is 0 Å². The Morgan fingerprint density at radius 2 is 1.45 bits per heavy atom. The normalized spacial score (nSPS) is 10.1. The first-order valence-electron chi connectivity index (χ1n) is 6.19. The van der Waals surface area contributed by atoms with Gasteiger partial charge in [0.05, 0.1) is 0 Å². The number of nitrogens with two attached hydrogens (primary N) is 1.